The maximum Gasteiger partial charge on any atom is 0.294 e. The zero-order chi connectivity index (χ0) is 15.2. The van der Waals surface area contributed by atoms with Gasteiger partial charge in [-0.2, -0.15) is 0 Å². The second kappa shape index (κ2) is 7.02. The van der Waals surface area contributed by atoms with Crippen molar-refractivity contribution in [1.82, 2.24) is 4.98 Å². The molecule has 0 bridgehead atoms. The Kier molecular flexibility index (Phi) is 5.09. The first-order valence-corrected chi connectivity index (χ1v) is 7.23. The number of phenols is 1. The minimum absolute atomic E-state index is 0.0946. The molecule has 0 saturated carbocycles. The lowest BCUT2D eigenvalue weighted by atomic mass is 10.2. The lowest BCUT2D eigenvalue weighted by molar-refractivity contribution is 0.287. The summed E-state index contributed by atoms with van der Waals surface area (Å²) >= 11 is 0. The third-order valence-corrected chi connectivity index (χ3v) is 3.36. The highest BCUT2D eigenvalue weighted by molar-refractivity contribution is 5.88. The van der Waals surface area contributed by atoms with Crippen molar-refractivity contribution in [1.29, 1.82) is 0 Å². The fraction of sp³-hybridized carbons (Fsp3) is 0.438. The van der Waals surface area contributed by atoms with E-state index in [2.05, 4.69) is 11.9 Å². The van der Waals surface area contributed by atoms with Gasteiger partial charge in [-0.3, -0.25) is 4.79 Å². The van der Waals surface area contributed by atoms with Gasteiger partial charge in [0.25, 0.3) is 5.56 Å². The zero-order valence-corrected chi connectivity index (χ0v) is 12.4. The number of methoxy groups -OCH3 is 1. The first-order chi connectivity index (χ1) is 10.2. The molecule has 1 heterocycles. The van der Waals surface area contributed by atoms with E-state index in [4.69, 9.17) is 9.47 Å². The number of H-pyrrole nitrogens is 1. The van der Waals surface area contributed by atoms with Gasteiger partial charge in [0, 0.05) is 11.5 Å². The number of fused-ring (bicyclic) bond motifs is 1. The molecule has 5 nitrogen and oxygen atoms in total. The number of aromatic nitrogens is 1. The van der Waals surface area contributed by atoms with E-state index >= 15 is 0 Å². The molecule has 0 unspecified atom stereocenters. The molecule has 0 aliphatic heterocycles. The van der Waals surface area contributed by atoms with Crippen LogP contribution in [0.3, 0.4) is 0 Å². The largest absolute Gasteiger partial charge is 0.508 e. The number of hydrogen-bond acceptors (Lipinski definition) is 4. The first kappa shape index (κ1) is 15.2. The Morgan fingerprint density at radius 1 is 1.19 bits per heavy atom. The Bertz CT molecular complexity index is 663. The fourth-order valence-corrected chi connectivity index (χ4v) is 2.27. The van der Waals surface area contributed by atoms with E-state index in [9.17, 15) is 9.90 Å². The van der Waals surface area contributed by atoms with Gasteiger partial charge < -0.3 is 19.6 Å². The number of phenolic OH excluding ortho intramolecular Hbond substituents is 1. The van der Waals surface area contributed by atoms with Crippen molar-refractivity contribution in [2.24, 2.45) is 0 Å². The number of nitrogens with one attached hydrogen (secondary N) is 1. The molecule has 2 N–H and O–H groups in total. The van der Waals surface area contributed by atoms with Gasteiger partial charge in [-0.05, 0) is 18.6 Å². The molecular formula is C16H21NO4. The van der Waals surface area contributed by atoms with E-state index in [1.165, 1.54) is 19.6 Å². The van der Waals surface area contributed by atoms with Gasteiger partial charge in [-0.25, -0.2) is 0 Å². The third kappa shape index (κ3) is 3.48. The van der Waals surface area contributed by atoms with Crippen LogP contribution < -0.4 is 15.0 Å². The summed E-state index contributed by atoms with van der Waals surface area (Å²) < 4.78 is 10.9. The van der Waals surface area contributed by atoms with Gasteiger partial charge in [0.1, 0.15) is 5.75 Å². The van der Waals surface area contributed by atoms with Gasteiger partial charge >= 0.3 is 0 Å². The van der Waals surface area contributed by atoms with Crippen LogP contribution in [0.1, 0.15) is 32.6 Å². The van der Waals surface area contributed by atoms with Crippen molar-refractivity contribution in [3.05, 3.63) is 28.6 Å². The van der Waals surface area contributed by atoms with Crippen molar-refractivity contribution in [2.45, 2.75) is 32.6 Å². The van der Waals surface area contributed by atoms with Crippen LogP contribution in [0.25, 0.3) is 10.9 Å². The summed E-state index contributed by atoms with van der Waals surface area (Å²) in [6, 6.07) is 4.77. The number of hydrogen-bond donors (Lipinski definition) is 2. The summed E-state index contributed by atoms with van der Waals surface area (Å²) in [6.45, 7) is 2.69. The lowest BCUT2D eigenvalue weighted by Crippen LogP contribution is -2.12. The molecule has 0 atom stereocenters. The number of ether oxygens (including phenoxy) is 2. The number of aromatic amines is 1. The summed E-state index contributed by atoms with van der Waals surface area (Å²) in [5.74, 6) is 0.702. The highest BCUT2D eigenvalue weighted by Crippen LogP contribution is 2.33. The van der Waals surface area contributed by atoms with E-state index in [1.54, 1.807) is 12.1 Å². The smallest absolute Gasteiger partial charge is 0.294 e. The Morgan fingerprint density at radius 2 is 2.00 bits per heavy atom. The minimum atomic E-state index is -0.362. The van der Waals surface area contributed by atoms with Crippen LogP contribution in [0.15, 0.2) is 23.0 Å². The van der Waals surface area contributed by atoms with Crippen LogP contribution in [0, 0.1) is 0 Å². The second-order valence-electron chi connectivity index (χ2n) is 4.96. The number of benzene rings is 1. The molecule has 1 aromatic carbocycles. The molecular weight excluding hydrogens is 270 g/mol. The molecule has 0 saturated heterocycles. The number of aromatic hydroxyl groups is 1. The molecule has 114 valence electrons. The summed E-state index contributed by atoms with van der Waals surface area (Å²) in [6.07, 6.45) is 4.37. The number of unbranched alkanes of at least 4 members (excludes halogenated alkanes) is 3. The summed E-state index contributed by atoms with van der Waals surface area (Å²) in [7, 11) is 1.45. The maximum atomic E-state index is 12.0. The van der Waals surface area contributed by atoms with Crippen molar-refractivity contribution < 1.29 is 14.6 Å². The van der Waals surface area contributed by atoms with Crippen LogP contribution in [0.4, 0.5) is 0 Å². The summed E-state index contributed by atoms with van der Waals surface area (Å²) in [5, 5.41) is 10.2. The topological polar surface area (TPSA) is 71.5 Å². The summed E-state index contributed by atoms with van der Waals surface area (Å²) in [4.78, 5) is 14.7. The van der Waals surface area contributed by atoms with Crippen molar-refractivity contribution in [2.75, 3.05) is 13.7 Å². The average Bonchev–Trinajstić information content (AvgIpc) is 2.46. The van der Waals surface area contributed by atoms with Crippen LogP contribution in [0.2, 0.25) is 0 Å². The molecule has 0 radical (unpaired) electrons. The molecule has 0 aliphatic rings. The van der Waals surface area contributed by atoms with Crippen molar-refractivity contribution in [3.8, 4) is 17.2 Å². The van der Waals surface area contributed by atoms with Crippen molar-refractivity contribution >= 4 is 10.9 Å². The molecule has 0 aliphatic carbocycles. The molecule has 21 heavy (non-hydrogen) atoms. The van der Waals surface area contributed by atoms with E-state index < -0.39 is 0 Å². The molecule has 5 heteroatoms. The third-order valence-electron chi connectivity index (χ3n) is 3.36. The first-order valence-electron chi connectivity index (χ1n) is 7.23. The second-order valence-corrected chi connectivity index (χ2v) is 4.96. The van der Waals surface area contributed by atoms with E-state index in [-0.39, 0.29) is 17.1 Å². The quantitative estimate of drug-likeness (QED) is 0.768. The highest BCUT2D eigenvalue weighted by atomic mass is 16.5. The monoisotopic (exact) mass is 291 g/mol. The highest BCUT2D eigenvalue weighted by Gasteiger charge is 2.15. The minimum Gasteiger partial charge on any atom is -0.508 e. The molecule has 0 spiro atoms. The molecule has 0 fully saturated rings. The van der Waals surface area contributed by atoms with Crippen molar-refractivity contribution in [3.63, 3.8) is 0 Å². The Labute approximate surface area is 123 Å². The molecule has 2 aromatic rings. The molecule has 1 aromatic heterocycles. The van der Waals surface area contributed by atoms with E-state index in [0.717, 1.165) is 24.6 Å². The number of rotatable bonds is 7. The molecule has 2 rings (SSSR count). The Morgan fingerprint density at radius 3 is 2.71 bits per heavy atom. The zero-order valence-electron chi connectivity index (χ0n) is 12.4. The summed E-state index contributed by atoms with van der Waals surface area (Å²) in [5.41, 5.74) is 0.170. The van der Waals surface area contributed by atoms with Crippen LogP contribution in [0.5, 0.6) is 17.2 Å². The van der Waals surface area contributed by atoms with Crippen LogP contribution in [-0.4, -0.2) is 23.8 Å². The fourth-order valence-electron chi connectivity index (χ4n) is 2.27. The van der Waals surface area contributed by atoms with Gasteiger partial charge in [0.2, 0.25) is 5.75 Å². The van der Waals surface area contributed by atoms with Crippen LogP contribution in [-0.2, 0) is 0 Å². The van der Waals surface area contributed by atoms with E-state index in [1.807, 2.05) is 0 Å². The Balaban J connectivity index is 2.32. The van der Waals surface area contributed by atoms with Gasteiger partial charge in [-0.1, -0.05) is 26.2 Å². The standard InChI is InChI=1S/C16H21NO4/c1-3-4-5-6-9-21-14-12-8-7-11(18)10-13(12)17-16(19)15(14)20-2/h7-8,10,18H,3-6,9H2,1-2H3,(H,17,19). The normalized spacial score (nSPS) is 10.8. The van der Waals surface area contributed by atoms with Gasteiger partial charge in [0.05, 0.1) is 19.2 Å². The lowest BCUT2D eigenvalue weighted by Gasteiger charge is -2.13. The average molecular weight is 291 g/mol. The Hall–Kier alpha value is -2.17. The SMILES string of the molecule is CCCCCCOc1c(OC)c(=O)[nH]c2cc(O)ccc12. The number of pyridine rings is 1. The predicted molar refractivity (Wildman–Crippen MR) is 82.4 cm³/mol. The van der Waals surface area contributed by atoms with Crippen LogP contribution >= 0.6 is 0 Å². The predicted octanol–water partition coefficient (Wildman–Crippen LogP) is 3.20. The van der Waals surface area contributed by atoms with Gasteiger partial charge in [0.15, 0.2) is 5.75 Å². The van der Waals surface area contributed by atoms with Gasteiger partial charge in [-0.15, -0.1) is 0 Å². The van der Waals surface area contributed by atoms with E-state index in [0.29, 0.717) is 17.9 Å². The maximum absolute atomic E-state index is 12.0. The molecule has 0 amide bonds.